The van der Waals surface area contributed by atoms with Gasteiger partial charge in [0.15, 0.2) is 0 Å². The quantitative estimate of drug-likeness (QED) is 0.448. The topological polar surface area (TPSA) is 123 Å². The third-order valence-corrected chi connectivity index (χ3v) is 2.80. The smallest absolute Gasteiger partial charge is 0.342 e. The number of benzene rings is 1. The summed E-state index contributed by atoms with van der Waals surface area (Å²) in [6.45, 7) is 1.06. The van der Waals surface area contributed by atoms with Crippen LogP contribution in [0.5, 0.6) is 0 Å². The highest BCUT2D eigenvalue weighted by atomic mass is 16.6. The molecule has 9 nitrogen and oxygen atoms in total. The summed E-state index contributed by atoms with van der Waals surface area (Å²) in [6, 6.07) is 4.16. The van der Waals surface area contributed by atoms with Crippen LogP contribution in [-0.2, 0) is 6.54 Å². The third-order valence-electron chi connectivity index (χ3n) is 2.80. The molecule has 0 aliphatic rings. The molecule has 0 amide bonds. The Morgan fingerprint density at radius 3 is 2.90 bits per heavy atom. The van der Waals surface area contributed by atoms with Crippen molar-refractivity contribution in [2.45, 2.75) is 13.0 Å². The van der Waals surface area contributed by atoms with Crippen LogP contribution in [0.4, 0.5) is 11.4 Å². The Balaban J connectivity index is 2.04. The lowest BCUT2D eigenvalue weighted by Gasteiger charge is -2.08. The van der Waals surface area contributed by atoms with Crippen LogP contribution in [0.15, 0.2) is 30.6 Å². The molecule has 0 atom stereocenters. The Kier molecular flexibility index (Phi) is 4.44. The highest BCUT2D eigenvalue weighted by Gasteiger charge is 2.23. The van der Waals surface area contributed by atoms with E-state index in [2.05, 4.69) is 15.6 Å². The van der Waals surface area contributed by atoms with Crippen molar-refractivity contribution in [1.82, 2.24) is 15.0 Å². The first-order valence-electron chi connectivity index (χ1n) is 6.18. The van der Waals surface area contributed by atoms with E-state index in [0.717, 1.165) is 0 Å². The van der Waals surface area contributed by atoms with Crippen molar-refractivity contribution < 1.29 is 14.8 Å². The molecule has 110 valence electrons. The van der Waals surface area contributed by atoms with Crippen LogP contribution in [0.3, 0.4) is 0 Å². The Morgan fingerprint density at radius 2 is 2.29 bits per heavy atom. The number of aromatic carboxylic acids is 1. The summed E-state index contributed by atoms with van der Waals surface area (Å²) in [5, 5.41) is 30.4. The number of nitro groups is 1. The van der Waals surface area contributed by atoms with Gasteiger partial charge in [0.2, 0.25) is 0 Å². The second-order valence-electron chi connectivity index (χ2n) is 4.21. The number of rotatable bonds is 7. The summed E-state index contributed by atoms with van der Waals surface area (Å²) < 4.78 is 1.64. The lowest BCUT2D eigenvalue weighted by Crippen LogP contribution is -2.10. The predicted molar refractivity (Wildman–Crippen MR) is 73.2 cm³/mol. The van der Waals surface area contributed by atoms with E-state index in [9.17, 15) is 14.9 Å². The molecule has 9 heteroatoms. The summed E-state index contributed by atoms with van der Waals surface area (Å²) in [6.07, 6.45) is 3.94. The first-order valence-corrected chi connectivity index (χ1v) is 6.18. The van der Waals surface area contributed by atoms with E-state index < -0.39 is 16.6 Å². The van der Waals surface area contributed by atoms with E-state index >= 15 is 0 Å². The first-order chi connectivity index (χ1) is 10.1. The van der Waals surface area contributed by atoms with Crippen molar-refractivity contribution in [3.05, 3.63) is 46.3 Å². The average Bonchev–Trinajstić information content (AvgIpc) is 2.96. The molecule has 1 heterocycles. The van der Waals surface area contributed by atoms with Crippen molar-refractivity contribution in [1.29, 1.82) is 0 Å². The van der Waals surface area contributed by atoms with Gasteiger partial charge in [0.1, 0.15) is 11.3 Å². The molecule has 2 aromatic rings. The maximum atomic E-state index is 11.0. The fourth-order valence-corrected chi connectivity index (χ4v) is 1.87. The Bertz CT molecular complexity index is 641. The number of aromatic nitrogens is 3. The van der Waals surface area contributed by atoms with E-state index in [1.54, 1.807) is 17.1 Å². The third kappa shape index (κ3) is 3.53. The van der Waals surface area contributed by atoms with Crippen molar-refractivity contribution in [3.63, 3.8) is 0 Å². The van der Waals surface area contributed by atoms with Gasteiger partial charge < -0.3 is 10.4 Å². The van der Waals surface area contributed by atoms with Crippen LogP contribution in [0, 0.1) is 10.1 Å². The molecule has 1 aromatic carbocycles. The number of carbonyl (C=O) groups is 1. The number of nitro benzene ring substituents is 1. The zero-order valence-electron chi connectivity index (χ0n) is 11.0. The molecule has 1 aromatic heterocycles. The van der Waals surface area contributed by atoms with E-state index in [1.807, 2.05) is 0 Å². The van der Waals surface area contributed by atoms with Gasteiger partial charge >= 0.3 is 11.7 Å². The normalized spacial score (nSPS) is 10.3. The number of hydrogen-bond acceptors (Lipinski definition) is 6. The molecule has 0 bridgehead atoms. The second kappa shape index (κ2) is 6.46. The van der Waals surface area contributed by atoms with Crippen molar-refractivity contribution >= 4 is 17.3 Å². The minimum atomic E-state index is -1.33. The maximum Gasteiger partial charge on any atom is 0.342 e. The number of para-hydroxylation sites is 1. The monoisotopic (exact) mass is 291 g/mol. The van der Waals surface area contributed by atoms with Crippen molar-refractivity contribution in [3.8, 4) is 0 Å². The number of nitrogens with zero attached hydrogens (tertiary/aromatic N) is 4. The lowest BCUT2D eigenvalue weighted by molar-refractivity contribution is -0.384. The molecule has 2 N–H and O–H groups in total. The summed E-state index contributed by atoms with van der Waals surface area (Å²) in [4.78, 5) is 21.4. The van der Waals surface area contributed by atoms with Gasteiger partial charge in [-0.25, -0.2) is 4.79 Å². The average molecular weight is 291 g/mol. The number of aryl methyl sites for hydroxylation is 1. The standard InChI is InChI=1S/C12H13N5O4/c18-12(19)9-3-1-4-10(11(9)17(20)21)13-5-2-7-16-8-6-14-15-16/h1,3-4,6,8,13H,2,5,7H2,(H,18,19). The summed E-state index contributed by atoms with van der Waals surface area (Å²) in [7, 11) is 0. The van der Waals surface area contributed by atoms with E-state index in [-0.39, 0.29) is 11.3 Å². The number of anilines is 1. The van der Waals surface area contributed by atoms with E-state index in [0.29, 0.717) is 19.5 Å². The zero-order chi connectivity index (χ0) is 15.2. The zero-order valence-corrected chi connectivity index (χ0v) is 11.0. The largest absolute Gasteiger partial charge is 0.477 e. The van der Waals surface area contributed by atoms with Gasteiger partial charge in [0, 0.05) is 19.3 Å². The van der Waals surface area contributed by atoms with Crippen LogP contribution in [0.1, 0.15) is 16.8 Å². The van der Waals surface area contributed by atoms with Gasteiger partial charge in [-0.2, -0.15) is 0 Å². The minimum Gasteiger partial charge on any atom is -0.477 e. The molecule has 0 radical (unpaired) electrons. The number of hydrogen-bond donors (Lipinski definition) is 2. The van der Waals surface area contributed by atoms with Gasteiger partial charge in [-0.15, -0.1) is 5.10 Å². The van der Waals surface area contributed by atoms with Crippen molar-refractivity contribution in [2.24, 2.45) is 0 Å². The van der Waals surface area contributed by atoms with E-state index in [1.165, 1.54) is 18.2 Å². The molecule has 2 rings (SSSR count). The molecular formula is C12H13N5O4. The van der Waals surface area contributed by atoms with Crippen LogP contribution >= 0.6 is 0 Å². The molecule has 0 saturated heterocycles. The molecular weight excluding hydrogens is 278 g/mol. The number of nitrogens with one attached hydrogen (secondary N) is 1. The minimum absolute atomic E-state index is 0.193. The van der Waals surface area contributed by atoms with Crippen LogP contribution in [0.25, 0.3) is 0 Å². The number of carboxylic acid groups (broad SMARTS) is 1. The molecule has 0 fully saturated rings. The first kappa shape index (κ1) is 14.4. The van der Waals surface area contributed by atoms with Crippen LogP contribution in [0.2, 0.25) is 0 Å². The Hall–Kier alpha value is -2.97. The molecule has 0 saturated carbocycles. The fraction of sp³-hybridized carbons (Fsp3) is 0.250. The molecule has 0 spiro atoms. The Labute approximate surface area is 119 Å². The molecule has 21 heavy (non-hydrogen) atoms. The number of carboxylic acids is 1. The van der Waals surface area contributed by atoms with Gasteiger partial charge in [-0.1, -0.05) is 11.3 Å². The van der Waals surface area contributed by atoms with Crippen LogP contribution in [-0.4, -0.2) is 37.5 Å². The van der Waals surface area contributed by atoms with Gasteiger partial charge in [0.25, 0.3) is 0 Å². The summed E-state index contributed by atoms with van der Waals surface area (Å²) >= 11 is 0. The highest BCUT2D eigenvalue weighted by Crippen LogP contribution is 2.28. The Morgan fingerprint density at radius 1 is 1.48 bits per heavy atom. The van der Waals surface area contributed by atoms with E-state index in [4.69, 9.17) is 5.11 Å². The van der Waals surface area contributed by atoms with Crippen LogP contribution < -0.4 is 5.32 Å². The predicted octanol–water partition coefficient (Wildman–Crippen LogP) is 1.39. The van der Waals surface area contributed by atoms with Crippen molar-refractivity contribution in [2.75, 3.05) is 11.9 Å². The molecule has 0 aliphatic carbocycles. The van der Waals surface area contributed by atoms with Gasteiger partial charge in [-0.05, 0) is 18.6 Å². The summed E-state index contributed by atoms with van der Waals surface area (Å²) in [5.74, 6) is -1.33. The SMILES string of the molecule is O=C(O)c1cccc(NCCCn2ccnn2)c1[N+](=O)[O-]. The fourth-order valence-electron chi connectivity index (χ4n) is 1.87. The summed E-state index contributed by atoms with van der Waals surface area (Å²) in [5.41, 5.74) is -0.564. The van der Waals surface area contributed by atoms with Gasteiger partial charge in [-0.3, -0.25) is 14.8 Å². The molecule has 0 aliphatic heterocycles. The highest BCUT2D eigenvalue weighted by molar-refractivity contribution is 5.95. The maximum absolute atomic E-state index is 11.0. The second-order valence-corrected chi connectivity index (χ2v) is 4.21. The lowest BCUT2D eigenvalue weighted by atomic mass is 10.1. The molecule has 0 unspecified atom stereocenters. The van der Waals surface area contributed by atoms with Gasteiger partial charge in [0.05, 0.1) is 11.1 Å².